The first-order chi connectivity index (χ1) is 12.0. The molecule has 0 saturated heterocycles. The van der Waals surface area contributed by atoms with Crippen LogP contribution in [-0.2, 0) is 10.0 Å². The maximum atomic E-state index is 12.7. The van der Waals surface area contributed by atoms with Crippen LogP contribution in [0.25, 0.3) is 10.8 Å². The Morgan fingerprint density at radius 1 is 0.880 bits per heavy atom. The monoisotopic (exact) mass is 353 g/mol. The van der Waals surface area contributed by atoms with Crippen molar-refractivity contribution in [3.63, 3.8) is 0 Å². The Bertz CT molecular complexity index is 1010. The zero-order valence-electron chi connectivity index (χ0n) is 14.0. The average molecular weight is 353 g/mol. The van der Waals surface area contributed by atoms with Gasteiger partial charge in [0.05, 0.1) is 11.1 Å². The summed E-state index contributed by atoms with van der Waals surface area (Å²) in [5.74, 6) is 0. The summed E-state index contributed by atoms with van der Waals surface area (Å²) >= 11 is 0. The number of nitrogens with one attached hydrogen (secondary N) is 1. The second kappa shape index (κ2) is 6.94. The number of anilines is 1. The van der Waals surface area contributed by atoms with Crippen molar-refractivity contribution in [3.8, 4) is 0 Å². The van der Waals surface area contributed by atoms with E-state index in [1.54, 1.807) is 18.2 Å². The summed E-state index contributed by atoms with van der Waals surface area (Å²) in [6.45, 7) is 0. The summed E-state index contributed by atoms with van der Waals surface area (Å²) in [5.41, 5.74) is 1.78. The van der Waals surface area contributed by atoms with E-state index in [4.69, 9.17) is 0 Å². The van der Waals surface area contributed by atoms with Crippen molar-refractivity contribution in [2.24, 2.45) is 5.10 Å². The zero-order valence-corrected chi connectivity index (χ0v) is 14.9. The van der Waals surface area contributed by atoms with Crippen molar-refractivity contribution in [2.75, 3.05) is 19.0 Å². The second-order valence-electron chi connectivity index (χ2n) is 5.79. The van der Waals surface area contributed by atoms with Crippen LogP contribution < -0.4 is 9.73 Å². The van der Waals surface area contributed by atoms with Gasteiger partial charge in [-0.2, -0.15) is 13.5 Å². The number of hydrazone groups is 1. The van der Waals surface area contributed by atoms with Gasteiger partial charge in [0, 0.05) is 30.6 Å². The van der Waals surface area contributed by atoms with E-state index in [9.17, 15) is 8.42 Å². The Morgan fingerprint density at radius 2 is 1.56 bits per heavy atom. The van der Waals surface area contributed by atoms with Crippen LogP contribution in [0.15, 0.2) is 76.7 Å². The first-order valence-corrected chi connectivity index (χ1v) is 9.26. The van der Waals surface area contributed by atoms with Gasteiger partial charge in [-0.25, -0.2) is 4.83 Å². The number of rotatable bonds is 5. The third-order valence-electron chi connectivity index (χ3n) is 3.82. The molecule has 5 nitrogen and oxygen atoms in total. The minimum absolute atomic E-state index is 0.207. The second-order valence-corrected chi connectivity index (χ2v) is 7.42. The average Bonchev–Trinajstić information content (AvgIpc) is 2.61. The molecule has 3 aromatic rings. The summed E-state index contributed by atoms with van der Waals surface area (Å²) in [6, 6.07) is 20.2. The number of hydrogen-bond donors (Lipinski definition) is 1. The van der Waals surface area contributed by atoms with Crippen molar-refractivity contribution in [3.05, 3.63) is 72.3 Å². The number of hydrogen-bond acceptors (Lipinski definition) is 4. The van der Waals surface area contributed by atoms with Crippen molar-refractivity contribution < 1.29 is 8.42 Å². The molecule has 128 valence electrons. The lowest BCUT2D eigenvalue weighted by molar-refractivity contribution is 0.585. The van der Waals surface area contributed by atoms with E-state index in [0.717, 1.165) is 16.6 Å². The highest BCUT2D eigenvalue weighted by Crippen LogP contribution is 2.29. The normalized spacial score (nSPS) is 11.8. The van der Waals surface area contributed by atoms with Crippen molar-refractivity contribution in [2.45, 2.75) is 4.90 Å². The standard InChI is InChI=1S/C19H19N3O2S/c1-22(2)18-12-6-11-17-16(18)10-7-13-19(17)25(23,24)21-20-14-15-8-4-3-5-9-15/h3-14,21H,1-2H3/b20-14+. The van der Waals surface area contributed by atoms with E-state index in [-0.39, 0.29) is 4.90 Å². The predicted molar refractivity (Wildman–Crippen MR) is 103 cm³/mol. The van der Waals surface area contributed by atoms with E-state index in [1.807, 2.05) is 67.5 Å². The lowest BCUT2D eigenvalue weighted by Gasteiger charge is -2.16. The Balaban J connectivity index is 1.97. The van der Waals surface area contributed by atoms with Gasteiger partial charge in [-0.3, -0.25) is 0 Å². The topological polar surface area (TPSA) is 61.8 Å². The zero-order chi connectivity index (χ0) is 17.9. The minimum Gasteiger partial charge on any atom is -0.377 e. The lowest BCUT2D eigenvalue weighted by Crippen LogP contribution is -2.19. The van der Waals surface area contributed by atoms with Gasteiger partial charge in [0.15, 0.2) is 0 Å². The van der Waals surface area contributed by atoms with Crippen LogP contribution >= 0.6 is 0 Å². The number of benzene rings is 3. The first-order valence-electron chi connectivity index (χ1n) is 7.78. The highest BCUT2D eigenvalue weighted by molar-refractivity contribution is 7.89. The van der Waals surface area contributed by atoms with Crippen molar-refractivity contribution in [1.82, 2.24) is 4.83 Å². The Hall–Kier alpha value is -2.86. The summed E-state index contributed by atoms with van der Waals surface area (Å²) in [7, 11) is 0.0919. The van der Waals surface area contributed by atoms with Crippen LogP contribution in [-0.4, -0.2) is 28.7 Å². The molecule has 0 heterocycles. The molecule has 0 aliphatic heterocycles. The molecular weight excluding hydrogens is 334 g/mol. The summed E-state index contributed by atoms with van der Waals surface area (Å²) in [6.07, 6.45) is 1.48. The Labute approximate surface area is 147 Å². The van der Waals surface area contributed by atoms with Gasteiger partial charge < -0.3 is 4.90 Å². The molecule has 3 rings (SSSR count). The largest absolute Gasteiger partial charge is 0.377 e. The van der Waals surface area contributed by atoms with Crippen LogP contribution in [0, 0.1) is 0 Å². The van der Waals surface area contributed by atoms with Gasteiger partial charge in [-0.15, -0.1) is 0 Å². The summed E-state index contributed by atoms with van der Waals surface area (Å²) < 4.78 is 25.4. The number of sulfonamides is 1. The molecule has 6 heteroatoms. The third kappa shape index (κ3) is 3.64. The van der Waals surface area contributed by atoms with Crippen molar-refractivity contribution in [1.29, 1.82) is 0 Å². The molecule has 0 fully saturated rings. The number of fused-ring (bicyclic) bond motifs is 1. The first kappa shape index (κ1) is 17.0. The third-order valence-corrected chi connectivity index (χ3v) is 5.10. The molecule has 25 heavy (non-hydrogen) atoms. The van der Waals surface area contributed by atoms with Crippen LogP contribution in [0.2, 0.25) is 0 Å². The highest BCUT2D eigenvalue weighted by Gasteiger charge is 2.17. The van der Waals surface area contributed by atoms with Crippen LogP contribution in [0.1, 0.15) is 5.56 Å². The smallest absolute Gasteiger partial charge is 0.277 e. The molecule has 0 aliphatic rings. The molecule has 0 bridgehead atoms. The van der Waals surface area contributed by atoms with E-state index < -0.39 is 10.0 Å². The van der Waals surface area contributed by atoms with Crippen LogP contribution in [0.3, 0.4) is 0 Å². The van der Waals surface area contributed by atoms with E-state index in [0.29, 0.717) is 5.39 Å². The molecule has 0 aromatic heterocycles. The van der Waals surface area contributed by atoms with Gasteiger partial charge in [-0.05, 0) is 17.7 Å². The maximum absolute atomic E-state index is 12.7. The molecule has 0 saturated carbocycles. The van der Waals surface area contributed by atoms with Gasteiger partial charge >= 0.3 is 0 Å². The van der Waals surface area contributed by atoms with Crippen molar-refractivity contribution >= 4 is 32.7 Å². The molecule has 0 radical (unpaired) electrons. The van der Waals surface area contributed by atoms with Gasteiger partial charge in [0.1, 0.15) is 0 Å². The SMILES string of the molecule is CN(C)c1cccc2c(S(=O)(=O)N/N=C/c3ccccc3)cccc12. The summed E-state index contributed by atoms with van der Waals surface area (Å²) in [5, 5.41) is 5.42. The van der Waals surface area contributed by atoms with E-state index in [2.05, 4.69) is 9.93 Å². The van der Waals surface area contributed by atoms with Gasteiger partial charge in [0.25, 0.3) is 10.0 Å². The molecule has 0 unspecified atom stereocenters. The molecule has 0 spiro atoms. The lowest BCUT2D eigenvalue weighted by atomic mass is 10.1. The molecule has 1 N–H and O–H groups in total. The Morgan fingerprint density at radius 3 is 2.28 bits per heavy atom. The minimum atomic E-state index is -3.77. The molecule has 0 amide bonds. The highest BCUT2D eigenvalue weighted by atomic mass is 32.2. The summed E-state index contributed by atoms with van der Waals surface area (Å²) in [4.78, 5) is 4.46. The fraction of sp³-hybridized carbons (Fsp3) is 0.105. The molecule has 3 aromatic carbocycles. The van der Waals surface area contributed by atoms with Crippen LogP contribution in [0.4, 0.5) is 5.69 Å². The fourth-order valence-electron chi connectivity index (χ4n) is 2.65. The maximum Gasteiger partial charge on any atom is 0.277 e. The van der Waals surface area contributed by atoms with E-state index in [1.165, 1.54) is 6.21 Å². The fourth-order valence-corrected chi connectivity index (χ4v) is 3.66. The molecule has 0 aliphatic carbocycles. The van der Waals surface area contributed by atoms with Gasteiger partial charge in [0.2, 0.25) is 0 Å². The Kier molecular flexibility index (Phi) is 4.72. The van der Waals surface area contributed by atoms with Gasteiger partial charge in [-0.1, -0.05) is 54.6 Å². The molecular formula is C19H19N3O2S. The quantitative estimate of drug-likeness (QED) is 0.566. The van der Waals surface area contributed by atoms with E-state index >= 15 is 0 Å². The van der Waals surface area contributed by atoms with Crippen LogP contribution in [0.5, 0.6) is 0 Å². The number of nitrogens with zero attached hydrogens (tertiary/aromatic N) is 2. The molecule has 0 atom stereocenters. The predicted octanol–water partition coefficient (Wildman–Crippen LogP) is 3.22.